The van der Waals surface area contributed by atoms with Crippen LogP contribution in [0.5, 0.6) is 40.2 Å². The number of likely N-dealkylation sites (N-methyl/N-ethyl adjacent to an activating group) is 1. The van der Waals surface area contributed by atoms with Crippen LogP contribution in [0.4, 0.5) is 0 Å². The van der Waals surface area contributed by atoms with Crippen molar-refractivity contribution in [2.75, 3.05) is 20.3 Å². The number of carbonyl (C=O) groups excluding carboxylic acids is 8. The van der Waals surface area contributed by atoms with Gasteiger partial charge in [-0.15, -0.1) is 0 Å². The molecule has 17 rings (SSSR count). The van der Waals surface area contributed by atoms with E-state index in [-0.39, 0.29) is 91.2 Å². The predicted octanol–water partition coefficient (Wildman–Crippen LogP) is 2.36. The number of aliphatic hydroxyl groups excluding tert-OH is 6. The molecule has 18 N–H and O–H groups in total. The molecular weight excluding hydrogens is 1540 g/mol. The minimum atomic E-state index is -4.87. The van der Waals surface area contributed by atoms with Crippen molar-refractivity contribution in [3.63, 3.8) is 0 Å². The van der Waals surface area contributed by atoms with Crippen LogP contribution in [0.15, 0.2) is 114 Å². The molecule has 6 heterocycles. The fourth-order valence-electron chi connectivity index (χ4n) is 17.2. The molecule has 8 amide bonds. The first-order chi connectivity index (χ1) is 54.8. The number of aliphatic hydroxyl groups is 8. The number of hydrogen-bond acceptors (Lipinski definition) is 25. The number of halogens is 1. The van der Waals surface area contributed by atoms with Gasteiger partial charge in [0.2, 0.25) is 65.1 Å². The van der Waals surface area contributed by atoms with Crippen LogP contribution in [0.1, 0.15) is 148 Å². The summed E-state index contributed by atoms with van der Waals surface area (Å²) in [4.78, 5) is 123. The normalized spacial score (nSPS) is 28.8. The van der Waals surface area contributed by atoms with Crippen LogP contribution >= 0.6 is 11.6 Å². The van der Waals surface area contributed by atoms with Gasteiger partial charge in [-0.3, -0.25) is 38.4 Å². The second-order valence-corrected chi connectivity index (χ2v) is 33.2. The summed E-state index contributed by atoms with van der Waals surface area (Å²) in [5, 5.41) is 126. The molecule has 612 valence electrons. The second kappa shape index (κ2) is 32.9. The molecule has 6 aromatic rings. The molecule has 115 heavy (non-hydrogen) atoms. The third-order valence-corrected chi connectivity index (χ3v) is 24.5. The maximum atomic E-state index is 16.4. The summed E-state index contributed by atoms with van der Waals surface area (Å²) in [6, 6.07) is 6.98. The number of rotatable bonds is 18. The molecule has 0 unspecified atom stereocenters. The van der Waals surface area contributed by atoms with E-state index in [1.165, 1.54) is 73.8 Å². The number of nitrogens with one attached hydrogen (secondary N) is 9. The molecule has 35 heteroatoms. The topological polar surface area (TPSA) is 507 Å². The molecule has 0 spiro atoms. The van der Waals surface area contributed by atoms with Crippen LogP contribution in [0.2, 0.25) is 5.02 Å². The number of ether oxygens (including phenoxy) is 5. The lowest BCUT2D eigenvalue weighted by Crippen LogP contribution is -2.60. The number of phenolic OH excluding ortho intramolecular Hbond substituents is 1. The first-order valence-electron chi connectivity index (χ1n) is 38.1. The van der Waals surface area contributed by atoms with Gasteiger partial charge in [0, 0.05) is 17.2 Å². The lowest BCUT2D eigenvalue weighted by molar-refractivity contribution is -0.277. The van der Waals surface area contributed by atoms with Crippen LogP contribution in [0.25, 0.3) is 11.1 Å². The van der Waals surface area contributed by atoms with Crippen LogP contribution in [-0.2, 0) is 58.9 Å². The standard InChI is InChI=1S/C80H90ClN9O24S/c1-5-6-19-110-44-13-15-46(16-14-44)115(108,109)90-58(93)32-53-73(100)85-62-42-28-55(71(114-79-70(98)69(97)68(96)57(33-91)113-79)56(29-42)112-54-18-10-39(27-51(54)81)67(95)65(77(104)83-53)88-72(99)52(82-4)20-34(2)3)111-45-11-7-37(8-12-45)66(94)64-78(105)87-63(76(103)84-60-40-22-35-21-36(24-40)25-41(60)23-35)48-30-43(92)31-50-59(48)47-26-38(9-17-49(47)80(50,106)107)61(74(101)89-64)86-75(62)102/h7-18,26-31,34-36,40-41,52-53,57,60-70,79,82,91-92,94-98,106-107H,5-6,19-25,32-33H2,1-4H3,(H,83,104)(H,84,103)(H,85,100)(H,86,102)(H,87,105)(H,88,99)(H,89,101)(H,90,93)/t35?,36?,40?,41?,52-,53+,57-,60?,61-,62-,63+,64+,65-,66-,67-,68-,69+,70-,79+/m1/s1. The molecule has 11 aliphatic rings. The van der Waals surface area contributed by atoms with Gasteiger partial charge in [-0.25, -0.2) is 13.1 Å². The number of benzene rings is 6. The largest absolute Gasteiger partial charge is 0.508 e. The zero-order valence-electron chi connectivity index (χ0n) is 62.7. The van der Waals surface area contributed by atoms with Gasteiger partial charge in [-0.1, -0.05) is 69.1 Å². The van der Waals surface area contributed by atoms with E-state index in [2.05, 4.69) is 42.5 Å². The second-order valence-electron chi connectivity index (χ2n) is 31.1. The maximum Gasteiger partial charge on any atom is 0.264 e. The zero-order chi connectivity index (χ0) is 82.0. The predicted molar refractivity (Wildman–Crippen MR) is 404 cm³/mol. The van der Waals surface area contributed by atoms with E-state index in [0.29, 0.717) is 30.6 Å². The molecule has 14 atom stereocenters. The van der Waals surface area contributed by atoms with Crippen molar-refractivity contribution in [3.8, 4) is 51.4 Å². The average Bonchev–Trinajstić information content (AvgIpc) is 1.56. The number of carbonyl (C=O) groups is 8. The number of sulfonamides is 1. The first kappa shape index (κ1) is 81.5. The molecule has 0 radical (unpaired) electrons. The summed E-state index contributed by atoms with van der Waals surface area (Å²) in [6.45, 7) is 4.91. The minimum absolute atomic E-state index is 0.0841. The fraction of sp³-hybridized carbons (Fsp3) is 0.450. The fourth-order valence-corrected chi connectivity index (χ4v) is 18.4. The Balaban J connectivity index is 0.945. The molecule has 6 aliphatic heterocycles. The lowest BCUT2D eigenvalue weighted by atomic mass is 9.54. The summed E-state index contributed by atoms with van der Waals surface area (Å²) in [7, 11) is -3.41. The Hall–Kier alpha value is -10.1. The van der Waals surface area contributed by atoms with Gasteiger partial charge in [-0.05, 0) is 199 Å². The summed E-state index contributed by atoms with van der Waals surface area (Å²) < 4.78 is 61.3. The summed E-state index contributed by atoms with van der Waals surface area (Å²) in [5.41, 5.74) is -2.04. The van der Waals surface area contributed by atoms with Crippen LogP contribution in [-0.4, -0.2) is 183 Å². The molecule has 1 saturated heterocycles. The van der Waals surface area contributed by atoms with Crippen LogP contribution in [0, 0.1) is 29.6 Å². The van der Waals surface area contributed by atoms with Gasteiger partial charge in [0.25, 0.3) is 10.0 Å². The Kier molecular flexibility index (Phi) is 23.3. The van der Waals surface area contributed by atoms with E-state index in [1.807, 2.05) is 25.5 Å². The van der Waals surface area contributed by atoms with Gasteiger partial charge < -0.3 is 112 Å². The SMILES string of the molecule is CCCCOc1ccc(S(=O)(=O)NC(=O)C[C@@H]2NC(=O)[C@H](NC(=O)[C@@H](CC(C)C)NC)[C@H](O)c3ccc(c(Cl)c3)Oc3cc4cc(c3O[C@@H]3O[C@H](CO)[C@@H](O)[C@H](O)[C@H]3O)Oc3ccc(cc3)[C@@H](O)[C@@H]3NC(=O)[C@H](NC(=O)[C@@H]4NC2=O)c2ccc4c(c2)-c2c(cc(O)cc2C4(O)O)[C@@H](C(=O)NC2C4CC5CC(C4)CC2C5)NC3=O)cc1. The van der Waals surface area contributed by atoms with Gasteiger partial charge in [0.15, 0.2) is 11.5 Å². The molecule has 15 bridgehead atoms. The number of aromatic hydroxyl groups is 1. The Bertz CT molecular complexity index is 4890. The Labute approximate surface area is 664 Å². The summed E-state index contributed by atoms with van der Waals surface area (Å²) in [5.74, 6) is -14.7. The van der Waals surface area contributed by atoms with Crippen molar-refractivity contribution in [2.24, 2.45) is 29.6 Å². The number of amides is 8. The van der Waals surface area contributed by atoms with Crippen LogP contribution in [0.3, 0.4) is 0 Å². The molecule has 33 nitrogen and oxygen atoms in total. The summed E-state index contributed by atoms with van der Waals surface area (Å²) >= 11 is 7.09. The molecule has 6 aromatic carbocycles. The zero-order valence-corrected chi connectivity index (χ0v) is 64.2. The average molecular weight is 1630 g/mol. The molecule has 5 fully saturated rings. The van der Waals surface area contributed by atoms with Crippen molar-refractivity contribution < 1.29 is 116 Å². The van der Waals surface area contributed by atoms with E-state index in [0.717, 1.165) is 81.0 Å². The quantitative estimate of drug-likeness (QED) is 0.0434. The number of hydrogen-bond donors (Lipinski definition) is 18. The third-order valence-electron chi connectivity index (χ3n) is 22.8. The number of unbranched alkanes of at least 4 members (excludes halogenated alkanes) is 1. The van der Waals surface area contributed by atoms with Crippen molar-refractivity contribution in [2.45, 2.75) is 180 Å². The Morgan fingerprint density at radius 2 is 1.32 bits per heavy atom. The van der Waals surface area contributed by atoms with Crippen molar-refractivity contribution in [3.05, 3.63) is 153 Å². The van der Waals surface area contributed by atoms with E-state index in [4.69, 9.17) is 35.3 Å². The van der Waals surface area contributed by atoms with E-state index in [9.17, 15) is 64.0 Å². The van der Waals surface area contributed by atoms with Crippen molar-refractivity contribution >= 4 is 68.9 Å². The van der Waals surface area contributed by atoms with Crippen LogP contribution < -0.4 is 66.2 Å². The summed E-state index contributed by atoms with van der Waals surface area (Å²) in [6.07, 6.45) is -9.29. The number of fused-ring (bicyclic) bond motifs is 12. The van der Waals surface area contributed by atoms with Gasteiger partial charge in [-0.2, -0.15) is 0 Å². The smallest absolute Gasteiger partial charge is 0.264 e. The third kappa shape index (κ3) is 16.5. The van der Waals surface area contributed by atoms with Gasteiger partial charge in [0.1, 0.15) is 95.9 Å². The molecule has 4 saturated carbocycles. The lowest BCUT2D eigenvalue weighted by Gasteiger charge is -2.54. The highest BCUT2D eigenvalue weighted by Crippen LogP contribution is 2.56. The highest BCUT2D eigenvalue weighted by atomic mass is 35.5. The van der Waals surface area contributed by atoms with E-state index >= 15 is 28.8 Å². The Morgan fingerprint density at radius 1 is 0.670 bits per heavy atom. The van der Waals surface area contributed by atoms with Crippen molar-refractivity contribution in [1.82, 2.24) is 47.3 Å². The van der Waals surface area contributed by atoms with Gasteiger partial charge in [0.05, 0.1) is 35.6 Å². The highest BCUT2D eigenvalue weighted by molar-refractivity contribution is 7.90. The number of phenols is 1. The molecular formula is C80H90ClN9O24S. The van der Waals surface area contributed by atoms with E-state index in [1.54, 1.807) is 0 Å². The molecule has 5 aliphatic carbocycles. The van der Waals surface area contributed by atoms with E-state index < -0.39 is 195 Å². The maximum absolute atomic E-state index is 16.4. The Morgan fingerprint density at radius 3 is 1.98 bits per heavy atom. The van der Waals surface area contributed by atoms with Gasteiger partial charge >= 0.3 is 0 Å². The minimum Gasteiger partial charge on any atom is -0.508 e. The first-order valence-corrected chi connectivity index (χ1v) is 40.0. The van der Waals surface area contributed by atoms with Crippen molar-refractivity contribution in [1.29, 1.82) is 0 Å². The monoisotopic (exact) mass is 1630 g/mol. The highest BCUT2D eigenvalue weighted by Gasteiger charge is 2.52. The molecule has 0 aromatic heterocycles.